The van der Waals surface area contributed by atoms with E-state index < -0.39 is 28.5 Å². The number of nitrogens with one attached hydrogen (secondary N) is 1. The SMILES string of the molecule is COCC(C)NC(=O)COC(=O)c1ccc(S(=O)(=O)N(C)C2CCCCC2)cc1. The third-order valence-electron chi connectivity index (χ3n) is 5.01. The molecule has 9 heteroatoms. The van der Waals surface area contributed by atoms with E-state index in [1.807, 2.05) is 0 Å². The Morgan fingerprint density at radius 3 is 2.38 bits per heavy atom. The summed E-state index contributed by atoms with van der Waals surface area (Å²) in [5.41, 5.74) is 0.182. The van der Waals surface area contributed by atoms with Crippen molar-refractivity contribution >= 4 is 21.9 Å². The fraction of sp³-hybridized carbons (Fsp3) is 0.600. The number of benzene rings is 1. The summed E-state index contributed by atoms with van der Waals surface area (Å²) in [4.78, 5) is 24.0. The molecule has 0 heterocycles. The third kappa shape index (κ3) is 6.52. The zero-order chi connectivity index (χ0) is 21.4. The molecular formula is C20H30N2O6S. The lowest BCUT2D eigenvalue weighted by Gasteiger charge is -2.30. The number of carbonyl (C=O) groups excluding carboxylic acids is 2. The minimum absolute atomic E-state index is 0.0115. The van der Waals surface area contributed by atoms with E-state index in [1.165, 1.54) is 35.7 Å². The Kier molecular flexibility index (Phi) is 8.60. The molecule has 1 aliphatic rings. The first kappa shape index (κ1) is 23.3. The molecule has 1 atom stereocenters. The normalized spacial score (nSPS) is 16.4. The van der Waals surface area contributed by atoms with E-state index in [0.717, 1.165) is 32.1 Å². The quantitative estimate of drug-likeness (QED) is 0.606. The van der Waals surface area contributed by atoms with Crippen molar-refractivity contribution in [3.8, 4) is 0 Å². The Morgan fingerprint density at radius 2 is 1.79 bits per heavy atom. The highest BCUT2D eigenvalue weighted by molar-refractivity contribution is 7.89. The minimum Gasteiger partial charge on any atom is -0.452 e. The summed E-state index contributed by atoms with van der Waals surface area (Å²) < 4.78 is 37.0. The molecule has 0 aromatic heterocycles. The van der Waals surface area contributed by atoms with Gasteiger partial charge in [-0.05, 0) is 44.0 Å². The van der Waals surface area contributed by atoms with Gasteiger partial charge in [0.2, 0.25) is 10.0 Å². The lowest BCUT2D eigenvalue weighted by molar-refractivity contribution is -0.125. The molecule has 1 saturated carbocycles. The number of ether oxygens (including phenoxy) is 2. The molecule has 1 fully saturated rings. The molecular weight excluding hydrogens is 396 g/mol. The first-order chi connectivity index (χ1) is 13.8. The van der Waals surface area contributed by atoms with E-state index >= 15 is 0 Å². The van der Waals surface area contributed by atoms with Crippen molar-refractivity contribution in [2.75, 3.05) is 27.4 Å². The van der Waals surface area contributed by atoms with Crippen LogP contribution in [0.4, 0.5) is 0 Å². The van der Waals surface area contributed by atoms with Crippen LogP contribution in [0.25, 0.3) is 0 Å². The molecule has 29 heavy (non-hydrogen) atoms. The maximum atomic E-state index is 12.8. The van der Waals surface area contributed by atoms with E-state index in [2.05, 4.69) is 5.32 Å². The number of hydrogen-bond acceptors (Lipinski definition) is 6. The second-order valence-corrected chi connectivity index (χ2v) is 9.33. The number of hydrogen-bond donors (Lipinski definition) is 1. The largest absolute Gasteiger partial charge is 0.452 e. The smallest absolute Gasteiger partial charge is 0.338 e. The van der Waals surface area contributed by atoms with Gasteiger partial charge in [-0.1, -0.05) is 19.3 Å². The van der Waals surface area contributed by atoms with Gasteiger partial charge in [0.05, 0.1) is 17.1 Å². The van der Waals surface area contributed by atoms with Crippen LogP contribution in [0.2, 0.25) is 0 Å². The van der Waals surface area contributed by atoms with E-state index in [0.29, 0.717) is 6.61 Å². The second kappa shape index (κ2) is 10.7. The van der Waals surface area contributed by atoms with E-state index in [-0.39, 0.29) is 22.5 Å². The number of methoxy groups -OCH3 is 1. The number of sulfonamides is 1. The number of carbonyl (C=O) groups is 2. The van der Waals surface area contributed by atoms with Gasteiger partial charge < -0.3 is 14.8 Å². The molecule has 1 aromatic carbocycles. The summed E-state index contributed by atoms with van der Waals surface area (Å²) in [6, 6.07) is 5.40. The molecule has 1 unspecified atom stereocenters. The summed E-state index contributed by atoms with van der Waals surface area (Å²) in [6.07, 6.45) is 4.95. The van der Waals surface area contributed by atoms with Crippen molar-refractivity contribution in [1.82, 2.24) is 9.62 Å². The molecule has 0 saturated heterocycles. The van der Waals surface area contributed by atoms with Crippen LogP contribution in [-0.2, 0) is 24.3 Å². The fourth-order valence-corrected chi connectivity index (χ4v) is 4.81. The first-order valence-electron chi connectivity index (χ1n) is 9.79. The van der Waals surface area contributed by atoms with Gasteiger partial charge >= 0.3 is 5.97 Å². The van der Waals surface area contributed by atoms with Gasteiger partial charge in [0.15, 0.2) is 6.61 Å². The van der Waals surface area contributed by atoms with E-state index in [1.54, 1.807) is 14.0 Å². The van der Waals surface area contributed by atoms with Crippen LogP contribution in [-0.4, -0.2) is 64.1 Å². The average Bonchev–Trinajstić information content (AvgIpc) is 2.72. The van der Waals surface area contributed by atoms with Crippen LogP contribution in [0.3, 0.4) is 0 Å². The predicted molar refractivity (Wildman–Crippen MR) is 108 cm³/mol. The molecule has 2 rings (SSSR count). The van der Waals surface area contributed by atoms with Gasteiger partial charge in [-0.25, -0.2) is 13.2 Å². The number of amides is 1. The van der Waals surface area contributed by atoms with Gasteiger partial charge in [-0.15, -0.1) is 0 Å². The summed E-state index contributed by atoms with van der Waals surface area (Å²) in [6.45, 7) is 1.70. The molecule has 0 aliphatic heterocycles. The average molecular weight is 427 g/mol. The zero-order valence-electron chi connectivity index (χ0n) is 17.2. The van der Waals surface area contributed by atoms with Crippen molar-refractivity contribution < 1.29 is 27.5 Å². The zero-order valence-corrected chi connectivity index (χ0v) is 18.0. The lowest BCUT2D eigenvalue weighted by atomic mass is 9.96. The van der Waals surface area contributed by atoms with Crippen LogP contribution >= 0.6 is 0 Å². The maximum absolute atomic E-state index is 12.8. The lowest BCUT2D eigenvalue weighted by Crippen LogP contribution is -2.38. The van der Waals surface area contributed by atoms with Crippen LogP contribution in [0.5, 0.6) is 0 Å². The first-order valence-corrected chi connectivity index (χ1v) is 11.2. The maximum Gasteiger partial charge on any atom is 0.338 e. The summed E-state index contributed by atoms with van der Waals surface area (Å²) >= 11 is 0. The highest BCUT2D eigenvalue weighted by Gasteiger charge is 2.29. The molecule has 0 radical (unpaired) electrons. The predicted octanol–water partition coefficient (Wildman–Crippen LogP) is 1.95. The van der Waals surface area contributed by atoms with Crippen molar-refractivity contribution in [2.24, 2.45) is 0 Å². The van der Waals surface area contributed by atoms with Crippen molar-refractivity contribution in [1.29, 1.82) is 0 Å². The number of nitrogens with zero attached hydrogens (tertiary/aromatic N) is 1. The van der Waals surface area contributed by atoms with Crippen LogP contribution in [0.1, 0.15) is 49.4 Å². The van der Waals surface area contributed by atoms with Gasteiger partial charge in [0.25, 0.3) is 5.91 Å². The molecule has 0 bridgehead atoms. The van der Waals surface area contributed by atoms with Gasteiger partial charge in [0, 0.05) is 26.2 Å². The molecule has 1 aliphatic carbocycles. The van der Waals surface area contributed by atoms with Crippen molar-refractivity contribution in [2.45, 2.75) is 56.0 Å². The fourth-order valence-electron chi connectivity index (χ4n) is 3.39. The van der Waals surface area contributed by atoms with Gasteiger partial charge in [0.1, 0.15) is 0 Å². The number of rotatable bonds is 9. The highest BCUT2D eigenvalue weighted by atomic mass is 32.2. The molecule has 0 spiro atoms. The van der Waals surface area contributed by atoms with Crippen LogP contribution < -0.4 is 5.32 Å². The Bertz CT molecular complexity index is 788. The molecule has 162 valence electrons. The van der Waals surface area contributed by atoms with Crippen molar-refractivity contribution in [3.63, 3.8) is 0 Å². The highest BCUT2D eigenvalue weighted by Crippen LogP contribution is 2.26. The van der Waals surface area contributed by atoms with Gasteiger partial charge in [-0.2, -0.15) is 4.31 Å². The Labute approximate surface area is 172 Å². The van der Waals surface area contributed by atoms with Crippen LogP contribution in [0, 0.1) is 0 Å². The topological polar surface area (TPSA) is 102 Å². The second-order valence-electron chi connectivity index (χ2n) is 7.34. The number of esters is 1. The Hall–Kier alpha value is -1.97. The van der Waals surface area contributed by atoms with Crippen LogP contribution in [0.15, 0.2) is 29.2 Å². The monoisotopic (exact) mass is 426 g/mol. The summed E-state index contributed by atoms with van der Waals surface area (Å²) in [5.74, 6) is -1.12. The summed E-state index contributed by atoms with van der Waals surface area (Å²) in [7, 11) is -0.485. The van der Waals surface area contributed by atoms with E-state index in [9.17, 15) is 18.0 Å². The third-order valence-corrected chi connectivity index (χ3v) is 6.94. The molecule has 8 nitrogen and oxygen atoms in total. The van der Waals surface area contributed by atoms with Crippen molar-refractivity contribution in [3.05, 3.63) is 29.8 Å². The molecule has 1 N–H and O–H groups in total. The molecule has 1 amide bonds. The Balaban J connectivity index is 1.94. The Morgan fingerprint density at radius 1 is 1.17 bits per heavy atom. The minimum atomic E-state index is -3.62. The standard InChI is InChI=1S/C20H30N2O6S/c1-15(13-27-3)21-19(23)14-28-20(24)16-9-11-18(12-10-16)29(25,26)22(2)17-7-5-4-6-8-17/h9-12,15,17H,4-8,13-14H2,1-3H3,(H,21,23). The molecule has 1 aromatic rings. The summed E-state index contributed by atoms with van der Waals surface area (Å²) in [5, 5.41) is 2.63. The van der Waals surface area contributed by atoms with Gasteiger partial charge in [-0.3, -0.25) is 4.79 Å². The van der Waals surface area contributed by atoms with E-state index in [4.69, 9.17) is 9.47 Å².